The molecule has 0 aliphatic heterocycles. The molecule has 0 N–H and O–H groups in total. The van der Waals surface area contributed by atoms with Crippen LogP contribution < -0.4 is 20.7 Å². The highest BCUT2D eigenvalue weighted by molar-refractivity contribution is 9.10. The van der Waals surface area contributed by atoms with Crippen molar-refractivity contribution >= 4 is 88.4 Å². The van der Waals surface area contributed by atoms with Gasteiger partial charge in [0, 0.05) is 42.8 Å². The van der Waals surface area contributed by atoms with Crippen LogP contribution in [0.5, 0.6) is 0 Å². The molecule has 12 aromatic carbocycles. The van der Waals surface area contributed by atoms with E-state index in [0.717, 1.165) is 26.8 Å². The number of halogens is 1. The largest absolute Gasteiger partial charge is 0.309 e. The first-order chi connectivity index (χ1) is 38.0. The number of fused-ring (bicyclic) bond motifs is 6. The molecule has 2 aromatic heterocycles. The average molecular weight is 1060 g/mol. The third-order valence-corrected chi connectivity index (χ3v) is 21.0. The van der Waals surface area contributed by atoms with E-state index in [9.17, 15) is 0 Å². The number of rotatable bonds is 10. The van der Waals surface area contributed by atoms with Gasteiger partial charge in [0.05, 0.1) is 27.8 Å². The second-order valence-electron chi connectivity index (χ2n) is 20.2. The van der Waals surface area contributed by atoms with E-state index >= 15 is 0 Å². The summed E-state index contributed by atoms with van der Waals surface area (Å²) in [6.45, 7) is 2.22. The van der Waals surface area contributed by atoms with Crippen LogP contribution in [-0.4, -0.2) is 17.2 Å². The van der Waals surface area contributed by atoms with E-state index in [1.807, 2.05) is 0 Å². The fourth-order valence-corrected chi connectivity index (χ4v) is 17.6. The zero-order valence-electron chi connectivity index (χ0n) is 42.5. The van der Waals surface area contributed by atoms with Gasteiger partial charge in [0.1, 0.15) is 0 Å². The first kappa shape index (κ1) is 46.5. The number of hydrogen-bond donors (Lipinski definition) is 0. The van der Waals surface area contributed by atoms with Gasteiger partial charge in [0.15, 0.2) is 8.07 Å². The quantitative estimate of drug-likeness (QED) is 0.0954. The van der Waals surface area contributed by atoms with Crippen molar-refractivity contribution in [1.82, 2.24) is 9.13 Å². The maximum absolute atomic E-state index is 3.90. The van der Waals surface area contributed by atoms with Gasteiger partial charge < -0.3 is 9.13 Å². The van der Waals surface area contributed by atoms with Gasteiger partial charge in [-0.2, -0.15) is 0 Å². The van der Waals surface area contributed by atoms with Gasteiger partial charge in [-0.15, -0.1) is 0 Å². The van der Waals surface area contributed by atoms with Gasteiger partial charge in [-0.05, 0) is 139 Å². The Labute approximate surface area is 458 Å². The maximum Gasteiger partial charge on any atom is 0.179 e. The van der Waals surface area contributed by atoms with E-state index in [1.165, 1.54) is 104 Å². The number of hydrogen-bond acceptors (Lipinski definition) is 0. The summed E-state index contributed by atoms with van der Waals surface area (Å²) < 4.78 is 6.11. The highest BCUT2D eigenvalue weighted by Gasteiger charge is 2.41. The fourth-order valence-electron chi connectivity index (χ4n) is 12.4. The molecule has 0 radical (unpaired) electrons. The van der Waals surface area contributed by atoms with E-state index in [2.05, 4.69) is 323 Å². The lowest BCUT2D eigenvalue weighted by molar-refractivity contribution is 1.16. The molecule has 0 amide bonds. The van der Waals surface area contributed by atoms with Gasteiger partial charge >= 0.3 is 0 Å². The van der Waals surface area contributed by atoms with E-state index < -0.39 is 8.07 Å². The number of benzene rings is 12. The monoisotopic (exact) mass is 1060 g/mol. The average Bonchev–Trinajstić information content (AvgIpc) is 4.19. The number of para-hydroxylation sites is 1. The molecular weight excluding hydrogens is 1010 g/mol. The topological polar surface area (TPSA) is 9.86 Å². The minimum absolute atomic E-state index is 1.05. The summed E-state index contributed by atoms with van der Waals surface area (Å²) in [5.41, 5.74) is 17.6. The molecule has 0 saturated carbocycles. The van der Waals surface area contributed by atoms with Crippen LogP contribution in [0.15, 0.2) is 296 Å². The van der Waals surface area contributed by atoms with Crippen molar-refractivity contribution in [3.05, 3.63) is 301 Å². The normalized spacial score (nSPS) is 11.8. The van der Waals surface area contributed by atoms with E-state index in [1.54, 1.807) is 0 Å². The van der Waals surface area contributed by atoms with Crippen LogP contribution in [0.2, 0.25) is 0 Å². The van der Waals surface area contributed by atoms with Gasteiger partial charge in [-0.3, -0.25) is 0 Å². The van der Waals surface area contributed by atoms with Crippen LogP contribution in [0.3, 0.4) is 0 Å². The molecule has 0 unspecified atom stereocenters. The lowest BCUT2D eigenvalue weighted by atomic mass is 9.93. The lowest BCUT2D eigenvalue weighted by Gasteiger charge is -2.34. The Morgan fingerprint density at radius 2 is 0.740 bits per heavy atom. The van der Waals surface area contributed by atoms with Crippen molar-refractivity contribution in [3.63, 3.8) is 0 Å². The van der Waals surface area contributed by atoms with E-state index in [0.29, 0.717) is 0 Å². The minimum Gasteiger partial charge on any atom is -0.309 e. The van der Waals surface area contributed by atoms with Crippen LogP contribution in [-0.2, 0) is 0 Å². The molecular formula is C73H51BrN2Si. The summed E-state index contributed by atoms with van der Waals surface area (Å²) in [5.74, 6) is 0. The highest BCUT2D eigenvalue weighted by atomic mass is 79.9. The Kier molecular flexibility index (Phi) is 11.6. The Hall–Kier alpha value is -9.06. The summed E-state index contributed by atoms with van der Waals surface area (Å²) in [6.07, 6.45) is 0. The number of aryl methyl sites for hydroxylation is 1. The molecule has 77 heavy (non-hydrogen) atoms. The maximum atomic E-state index is 3.90. The molecule has 2 nitrogen and oxygen atoms in total. The van der Waals surface area contributed by atoms with Crippen LogP contribution >= 0.6 is 15.9 Å². The summed E-state index contributed by atoms with van der Waals surface area (Å²) in [7, 11) is -2.91. The van der Waals surface area contributed by atoms with Crippen LogP contribution in [0, 0.1) is 6.92 Å². The van der Waals surface area contributed by atoms with E-state index in [4.69, 9.17) is 0 Å². The SMILES string of the molecule is Cc1cc(-c2ccccc2)c(-n2c3ccccc3c3cc(-n4c5ccc(-c6cc(Br)cc(-c7ccccc7)c6)cc5c5ccc([Si](c6ccccc6)(c6ccccc6)c6ccccc6)cc54)ccc32)c(-c2ccccc2)c1. The molecule has 14 rings (SSSR count). The smallest absolute Gasteiger partial charge is 0.179 e. The zero-order valence-corrected chi connectivity index (χ0v) is 45.1. The predicted octanol–water partition coefficient (Wildman–Crippen LogP) is 17.0. The summed E-state index contributed by atoms with van der Waals surface area (Å²) in [5, 5.41) is 10.2. The van der Waals surface area contributed by atoms with Crippen LogP contribution in [0.1, 0.15) is 5.56 Å². The summed E-state index contributed by atoms with van der Waals surface area (Å²) in [4.78, 5) is 0. The summed E-state index contributed by atoms with van der Waals surface area (Å²) in [6, 6.07) is 108. The molecule has 0 saturated heterocycles. The third kappa shape index (κ3) is 7.91. The molecule has 0 aliphatic rings. The molecule has 364 valence electrons. The van der Waals surface area contributed by atoms with Gasteiger partial charge in [0.2, 0.25) is 0 Å². The molecule has 0 atom stereocenters. The summed E-state index contributed by atoms with van der Waals surface area (Å²) >= 11 is 3.90. The van der Waals surface area contributed by atoms with Crippen molar-refractivity contribution in [2.45, 2.75) is 6.92 Å². The van der Waals surface area contributed by atoms with Crippen molar-refractivity contribution in [2.75, 3.05) is 0 Å². The molecule has 0 aliphatic carbocycles. The second-order valence-corrected chi connectivity index (χ2v) is 25.0. The van der Waals surface area contributed by atoms with Crippen LogP contribution in [0.25, 0.3) is 99.5 Å². The Balaban J connectivity index is 1.06. The number of aromatic nitrogens is 2. The van der Waals surface area contributed by atoms with Crippen molar-refractivity contribution in [3.8, 4) is 55.9 Å². The molecule has 14 aromatic rings. The van der Waals surface area contributed by atoms with Crippen LogP contribution in [0.4, 0.5) is 0 Å². The molecule has 0 bridgehead atoms. The Bertz CT molecular complexity index is 4330. The predicted molar refractivity (Wildman–Crippen MR) is 333 cm³/mol. The van der Waals surface area contributed by atoms with Crippen molar-refractivity contribution in [1.29, 1.82) is 0 Å². The first-order valence-electron chi connectivity index (χ1n) is 26.4. The van der Waals surface area contributed by atoms with E-state index in [-0.39, 0.29) is 0 Å². The standard InChI is InChI=1S/C73H51BrN2Si/c1-50-42-65(52-24-10-3-11-25-52)73(66(43-50)53-26-12-4-13-27-53)76-69-35-21-20-34-63(69)68-48-58(37-41-71(68)76)75-70-40-36-54(56-44-55(45-57(74)46-56)51-22-8-2-9-23-51)47-67(70)64-39-38-62(49-72(64)75)77(59-28-14-5-15-29-59,60-30-16-6-17-31-60)61-32-18-7-19-33-61/h2-49H,1H3. The van der Waals surface area contributed by atoms with Gasteiger partial charge in [-0.25, -0.2) is 0 Å². The van der Waals surface area contributed by atoms with Gasteiger partial charge in [-0.1, -0.05) is 234 Å². The highest BCUT2D eigenvalue weighted by Crippen LogP contribution is 2.44. The minimum atomic E-state index is -2.91. The van der Waals surface area contributed by atoms with Crippen molar-refractivity contribution < 1.29 is 0 Å². The van der Waals surface area contributed by atoms with Gasteiger partial charge in [0.25, 0.3) is 0 Å². The molecule has 0 fully saturated rings. The lowest BCUT2D eigenvalue weighted by Crippen LogP contribution is -2.74. The zero-order chi connectivity index (χ0) is 51.5. The fraction of sp³-hybridized carbons (Fsp3) is 0.0137. The Morgan fingerprint density at radius 1 is 0.286 bits per heavy atom. The second kappa shape index (κ2) is 19.3. The number of nitrogens with zero attached hydrogens (tertiary/aromatic N) is 2. The molecule has 0 spiro atoms. The van der Waals surface area contributed by atoms with Crippen molar-refractivity contribution in [2.24, 2.45) is 0 Å². The third-order valence-electron chi connectivity index (χ3n) is 15.7. The molecule has 4 heteroatoms. The molecule has 2 heterocycles. The Morgan fingerprint density at radius 3 is 1.32 bits per heavy atom. The first-order valence-corrected chi connectivity index (χ1v) is 29.2.